The van der Waals surface area contributed by atoms with Gasteiger partial charge >= 0.3 is 0 Å². The quantitative estimate of drug-likeness (QED) is 0.873. The average molecular weight is 282 g/mol. The van der Waals surface area contributed by atoms with Crippen LogP contribution in [-0.2, 0) is 14.8 Å². The van der Waals surface area contributed by atoms with Gasteiger partial charge in [0.05, 0.1) is 11.4 Å². The number of hydrogen-bond donors (Lipinski definition) is 1. The van der Waals surface area contributed by atoms with Gasteiger partial charge in [-0.1, -0.05) is 17.7 Å². The lowest BCUT2D eigenvalue weighted by Gasteiger charge is -2.20. The molecule has 2 rings (SSSR count). The minimum absolute atomic E-state index is 0.102. The van der Waals surface area contributed by atoms with Gasteiger partial charge in [0.25, 0.3) is 0 Å². The summed E-state index contributed by atoms with van der Waals surface area (Å²) in [5, 5.41) is 2.68. The van der Waals surface area contributed by atoms with Gasteiger partial charge in [0.2, 0.25) is 15.9 Å². The smallest absolute Gasteiger partial charge is 0.243 e. The van der Waals surface area contributed by atoms with E-state index < -0.39 is 10.0 Å². The third-order valence-electron chi connectivity index (χ3n) is 3.17. The molecule has 1 aliphatic rings. The van der Waals surface area contributed by atoms with Crippen molar-refractivity contribution in [2.75, 3.05) is 19.6 Å². The van der Waals surface area contributed by atoms with Crippen molar-refractivity contribution in [3.05, 3.63) is 29.3 Å². The molecule has 1 amide bonds. The zero-order chi connectivity index (χ0) is 14.0. The van der Waals surface area contributed by atoms with Crippen molar-refractivity contribution in [3.8, 4) is 0 Å². The van der Waals surface area contributed by atoms with Gasteiger partial charge < -0.3 is 5.32 Å². The molecule has 19 heavy (non-hydrogen) atoms. The first-order valence-corrected chi connectivity index (χ1v) is 7.69. The van der Waals surface area contributed by atoms with E-state index in [1.165, 1.54) is 4.31 Å². The van der Waals surface area contributed by atoms with E-state index in [9.17, 15) is 13.2 Å². The molecular weight excluding hydrogens is 264 g/mol. The summed E-state index contributed by atoms with van der Waals surface area (Å²) in [4.78, 5) is 11.8. The van der Waals surface area contributed by atoms with Crippen LogP contribution in [0, 0.1) is 13.8 Å². The highest BCUT2D eigenvalue weighted by atomic mass is 32.2. The molecule has 0 unspecified atom stereocenters. The summed E-state index contributed by atoms with van der Waals surface area (Å²) in [7, 11) is -3.59. The lowest BCUT2D eigenvalue weighted by Crippen LogP contribution is -2.37. The lowest BCUT2D eigenvalue weighted by molar-refractivity contribution is -0.120. The van der Waals surface area contributed by atoms with Gasteiger partial charge in [0.1, 0.15) is 0 Å². The van der Waals surface area contributed by atoms with Crippen LogP contribution < -0.4 is 5.32 Å². The zero-order valence-corrected chi connectivity index (χ0v) is 12.0. The lowest BCUT2D eigenvalue weighted by atomic mass is 10.2. The number of amides is 1. The summed E-state index contributed by atoms with van der Waals surface area (Å²) >= 11 is 0. The number of carbonyl (C=O) groups is 1. The van der Waals surface area contributed by atoms with E-state index >= 15 is 0 Å². The molecule has 1 aromatic carbocycles. The van der Waals surface area contributed by atoms with E-state index in [2.05, 4.69) is 5.32 Å². The molecule has 0 bridgehead atoms. The van der Waals surface area contributed by atoms with Gasteiger partial charge in [-0.15, -0.1) is 0 Å². The van der Waals surface area contributed by atoms with Crippen molar-refractivity contribution < 1.29 is 13.2 Å². The molecule has 104 valence electrons. The Morgan fingerprint density at radius 1 is 1.26 bits per heavy atom. The van der Waals surface area contributed by atoms with E-state index in [-0.39, 0.29) is 17.3 Å². The van der Waals surface area contributed by atoms with Crippen molar-refractivity contribution in [3.63, 3.8) is 0 Å². The standard InChI is InChI=1S/C13H18N2O3S/c1-10-4-5-12(11(2)8-10)19(17,18)15-7-3-6-14-13(16)9-15/h4-5,8H,3,6-7,9H2,1-2H3,(H,14,16). The van der Waals surface area contributed by atoms with Gasteiger partial charge in [-0.25, -0.2) is 8.42 Å². The van der Waals surface area contributed by atoms with Crippen LogP contribution in [0.3, 0.4) is 0 Å². The molecule has 0 aromatic heterocycles. The van der Waals surface area contributed by atoms with Crippen LogP contribution in [0.4, 0.5) is 0 Å². The number of nitrogens with one attached hydrogen (secondary N) is 1. The number of benzene rings is 1. The highest BCUT2D eigenvalue weighted by Gasteiger charge is 2.28. The van der Waals surface area contributed by atoms with Crippen molar-refractivity contribution in [1.29, 1.82) is 0 Å². The number of sulfonamides is 1. The first kappa shape index (κ1) is 14.0. The fourth-order valence-electron chi connectivity index (χ4n) is 2.21. The Hall–Kier alpha value is -1.40. The van der Waals surface area contributed by atoms with E-state index in [1.54, 1.807) is 19.1 Å². The molecular formula is C13H18N2O3S. The predicted octanol–water partition coefficient (Wildman–Crippen LogP) is 0.814. The minimum Gasteiger partial charge on any atom is -0.355 e. The van der Waals surface area contributed by atoms with Gasteiger partial charge in [0, 0.05) is 13.1 Å². The normalized spacial score (nSPS) is 17.9. The fraction of sp³-hybridized carbons (Fsp3) is 0.462. The molecule has 5 nitrogen and oxygen atoms in total. The first-order chi connectivity index (χ1) is 8.91. The second-order valence-corrected chi connectivity index (χ2v) is 6.72. The van der Waals surface area contributed by atoms with E-state index in [4.69, 9.17) is 0 Å². The molecule has 0 atom stereocenters. The number of rotatable bonds is 2. The van der Waals surface area contributed by atoms with Crippen LogP contribution in [0.15, 0.2) is 23.1 Å². The Bertz CT molecular complexity index is 596. The number of hydrogen-bond acceptors (Lipinski definition) is 3. The zero-order valence-electron chi connectivity index (χ0n) is 11.1. The summed E-state index contributed by atoms with van der Waals surface area (Å²) in [5.41, 5.74) is 1.73. The summed E-state index contributed by atoms with van der Waals surface area (Å²) in [6.07, 6.45) is 0.635. The highest BCUT2D eigenvalue weighted by molar-refractivity contribution is 7.89. The average Bonchev–Trinajstić information content (AvgIpc) is 2.53. The monoisotopic (exact) mass is 282 g/mol. The SMILES string of the molecule is Cc1ccc(S(=O)(=O)N2CCCNC(=O)C2)c(C)c1. The Balaban J connectivity index is 2.38. The molecule has 1 aromatic rings. The largest absolute Gasteiger partial charge is 0.355 e. The van der Waals surface area contributed by atoms with E-state index in [1.807, 2.05) is 13.0 Å². The van der Waals surface area contributed by atoms with Gasteiger partial charge in [0.15, 0.2) is 0 Å². The van der Waals surface area contributed by atoms with Crippen LogP contribution in [-0.4, -0.2) is 38.3 Å². The van der Waals surface area contributed by atoms with Crippen LogP contribution in [0.25, 0.3) is 0 Å². The number of carbonyl (C=O) groups excluding carboxylic acids is 1. The Labute approximate surface area is 113 Å². The van der Waals surface area contributed by atoms with Crippen LogP contribution in [0.1, 0.15) is 17.5 Å². The molecule has 6 heteroatoms. The molecule has 1 fully saturated rings. The first-order valence-electron chi connectivity index (χ1n) is 6.25. The molecule has 0 saturated carbocycles. The third kappa shape index (κ3) is 2.96. The predicted molar refractivity (Wildman–Crippen MR) is 72.3 cm³/mol. The van der Waals surface area contributed by atoms with Gasteiger partial charge in [-0.3, -0.25) is 4.79 Å². The van der Waals surface area contributed by atoms with Gasteiger partial charge in [-0.2, -0.15) is 4.31 Å². The second kappa shape index (κ2) is 5.30. The molecule has 1 saturated heterocycles. The summed E-state index contributed by atoms with van der Waals surface area (Å²) in [6, 6.07) is 5.23. The van der Waals surface area contributed by atoms with Crippen molar-refractivity contribution in [2.45, 2.75) is 25.2 Å². The molecule has 1 aliphatic heterocycles. The molecule has 1 heterocycles. The Morgan fingerprint density at radius 3 is 2.68 bits per heavy atom. The van der Waals surface area contributed by atoms with Crippen molar-refractivity contribution in [1.82, 2.24) is 9.62 Å². The number of nitrogens with zero attached hydrogens (tertiary/aromatic N) is 1. The third-order valence-corrected chi connectivity index (χ3v) is 5.18. The topological polar surface area (TPSA) is 66.5 Å². The van der Waals surface area contributed by atoms with Gasteiger partial charge in [-0.05, 0) is 31.9 Å². The number of aryl methyl sites for hydroxylation is 2. The maximum Gasteiger partial charge on any atom is 0.243 e. The second-order valence-electron chi connectivity index (χ2n) is 4.81. The Morgan fingerprint density at radius 2 is 2.00 bits per heavy atom. The van der Waals surface area contributed by atoms with E-state index in [0.29, 0.717) is 25.1 Å². The highest BCUT2D eigenvalue weighted by Crippen LogP contribution is 2.21. The van der Waals surface area contributed by atoms with Crippen molar-refractivity contribution >= 4 is 15.9 Å². The molecule has 0 radical (unpaired) electrons. The van der Waals surface area contributed by atoms with Crippen molar-refractivity contribution in [2.24, 2.45) is 0 Å². The molecule has 0 spiro atoms. The summed E-state index contributed by atoms with van der Waals surface area (Å²) in [6.45, 7) is 4.49. The maximum absolute atomic E-state index is 12.6. The van der Waals surface area contributed by atoms with Crippen LogP contribution >= 0.6 is 0 Å². The maximum atomic E-state index is 12.6. The summed E-state index contributed by atoms with van der Waals surface area (Å²) in [5.74, 6) is -0.245. The Kier molecular flexibility index (Phi) is 3.91. The van der Waals surface area contributed by atoms with E-state index in [0.717, 1.165) is 5.56 Å². The fourth-order valence-corrected chi connectivity index (χ4v) is 3.85. The molecule has 1 N–H and O–H groups in total. The van der Waals surface area contributed by atoms with Crippen LogP contribution in [0.5, 0.6) is 0 Å². The molecule has 0 aliphatic carbocycles. The summed E-state index contributed by atoms with van der Waals surface area (Å²) < 4.78 is 26.4. The minimum atomic E-state index is -3.59. The van der Waals surface area contributed by atoms with Crippen LogP contribution in [0.2, 0.25) is 0 Å².